The minimum atomic E-state index is -0.388. The van der Waals surface area contributed by atoms with Crippen molar-refractivity contribution < 1.29 is 14.4 Å². The van der Waals surface area contributed by atoms with Gasteiger partial charge in [-0.25, -0.2) is 4.79 Å². The molecule has 21 heavy (non-hydrogen) atoms. The van der Waals surface area contributed by atoms with Crippen LogP contribution in [0.1, 0.15) is 12.8 Å². The van der Waals surface area contributed by atoms with Crippen molar-refractivity contribution in [1.82, 2.24) is 9.80 Å². The van der Waals surface area contributed by atoms with Gasteiger partial charge in [0, 0.05) is 10.5 Å². The lowest BCUT2D eigenvalue weighted by Gasteiger charge is -2.16. The van der Waals surface area contributed by atoms with Crippen LogP contribution in [0.25, 0.3) is 0 Å². The van der Waals surface area contributed by atoms with Crippen LogP contribution in [-0.2, 0) is 9.59 Å². The zero-order valence-corrected chi connectivity index (χ0v) is 12.8. The Kier molecular flexibility index (Phi) is 3.67. The van der Waals surface area contributed by atoms with Gasteiger partial charge >= 0.3 is 6.03 Å². The van der Waals surface area contributed by atoms with Gasteiger partial charge in [0.05, 0.1) is 5.69 Å². The molecule has 0 unspecified atom stereocenters. The zero-order chi connectivity index (χ0) is 15.0. The van der Waals surface area contributed by atoms with E-state index in [1.807, 2.05) is 6.07 Å². The topological polar surface area (TPSA) is 69.7 Å². The number of carbonyl (C=O) groups is 3. The first kappa shape index (κ1) is 14.1. The number of urea groups is 1. The quantitative estimate of drug-likeness (QED) is 0.841. The molecule has 0 radical (unpaired) electrons. The average molecular weight is 352 g/mol. The molecule has 0 atom stereocenters. The molecular formula is C14H14BrN3O3. The number of hydrogen-bond donors (Lipinski definition) is 1. The molecule has 0 bridgehead atoms. The van der Waals surface area contributed by atoms with Crippen molar-refractivity contribution >= 4 is 39.5 Å². The van der Waals surface area contributed by atoms with Crippen molar-refractivity contribution in [3.63, 3.8) is 0 Å². The molecule has 1 heterocycles. The Morgan fingerprint density at radius 3 is 2.67 bits per heavy atom. The van der Waals surface area contributed by atoms with Gasteiger partial charge in [-0.2, -0.15) is 0 Å². The highest BCUT2D eigenvalue weighted by atomic mass is 79.9. The van der Waals surface area contributed by atoms with E-state index < -0.39 is 0 Å². The van der Waals surface area contributed by atoms with E-state index in [0.29, 0.717) is 5.69 Å². The molecular weight excluding hydrogens is 338 g/mol. The Balaban J connectivity index is 1.63. The van der Waals surface area contributed by atoms with Gasteiger partial charge in [0.25, 0.3) is 5.91 Å². The third-order valence-corrected chi connectivity index (χ3v) is 4.21. The van der Waals surface area contributed by atoms with E-state index in [2.05, 4.69) is 21.2 Å². The first-order valence-corrected chi connectivity index (χ1v) is 7.51. The molecule has 1 aromatic rings. The molecule has 6 nitrogen and oxygen atoms in total. The predicted octanol–water partition coefficient (Wildman–Crippen LogP) is 1.81. The Morgan fingerprint density at radius 1 is 1.29 bits per heavy atom. The van der Waals surface area contributed by atoms with E-state index in [1.165, 1.54) is 0 Å². The Morgan fingerprint density at radius 2 is 2.00 bits per heavy atom. The monoisotopic (exact) mass is 351 g/mol. The first-order chi connectivity index (χ1) is 10.1. The van der Waals surface area contributed by atoms with Crippen molar-refractivity contribution in [3.05, 3.63) is 28.7 Å². The van der Waals surface area contributed by atoms with Crippen molar-refractivity contribution in [2.75, 3.05) is 18.4 Å². The summed E-state index contributed by atoms with van der Waals surface area (Å²) in [5.74, 6) is -0.699. The lowest BCUT2D eigenvalue weighted by Crippen LogP contribution is -2.39. The van der Waals surface area contributed by atoms with Crippen molar-refractivity contribution in [2.45, 2.75) is 18.9 Å². The number of anilines is 1. The van der Waals surface area contributed by atoms with E-state index in [4.69, 9.17) is 0 Å². The molecule has 1 aliphatic heterocycles. The van der Waals surface area contributed by atoms with Crippen molar-refractivity contribution in [2.24, 2.45) is 0 Å². The minimum Gasteiger partial charge on any atom is -0.324 e. The van der Waals surface area contributed by atoms with Gasteiger partial charge in [0.1, 0.15) is 13.1 Å². The third-order valence-electron chi connectivity index (χ3n) is 3.52. The molecule has 1 N–H and O–H groups in total. The summed E-state index contributed by atoms with van der Waals surface area (Å²) in [5.41, 5.74) is 0.612. The third kappa shape index (κ3) is 2.92. The summed E-state index contributed by atoms with van der Waals surface area (Å²) < 4.78 is 0.747. The lowest BCUT2D eigenvalue weighted by atomic mass is 10.3. The van der Waals surface area contributed by atoms with Gasteiger partial charge in [-0.1, -0.05) is 12.1 Å². The maximum Gasteiger partial charge on any atom is 0.327 e. The van der Waals surface area contributed by atoms with E-state index in [0.717, 1.165) is 22.2 Å². The molecule has 0 aromatic heterocycles. The second kappa shape index (κ2) is 5.48. The molecule has 3 rings (SSSR count). The summed E-state index contributed by atoms with van der Waals surface area (Å²) in [6, 6.07) is 6.99. The molecule has 1 saturated heterocycles. The fourth-order valence-corrected chi connectivity index (χ4v) is 2.67. The summed E-state index contributed by atoms with van der Waals surface area (Å²) >= 11 is 3.33. The fourth-order valence-electron chi connectivity index (χ4n) is 2.28. The van der Waals surface area contributed by atoms with Gasteiger partial charge in [0.15, 0.2) is 0 Å². The summed E-state index contributed by atoms with van der Waals surface area (Å²) in [5, 5.41) is 2.69. The Bertz CT molecular complexity index is 615. The van der Waals surface area contributed by atoms with E-state index in [1.54, 1.807) is 23.1 Å². The van der Waals surface area contributed by atoms with Gasteiger partial charge < -0.3 is 10.2 Å². The SMILES string of the molecule is O=C(CN1C(=O)CN(C2CC2)C1=O)Nc1ccccc1Br. The van der Waals surface area contributed by atoms with Crippen LogP contribution in [0.5, 0.6) is 0 Å². The summed E-state index contributed by atoms with van der Waals surface area (Å²) in [6.45, 7) is -0.159. The van der Waals surface area contributed by atoms with E-state index in [-0.39, 0.29) is 37.0 Å². The number of para-hydroxylation sites is 1. The smallest absolute Gasteiger partial charge is 0.324 e. The molecule has 110 valence electrons. The second-order valence-corrected chi connectivity index (χ2v) is 6.00. The van der Waals surface area contributed by atoms with Gasteiger partial charge in [-0.05, 0) is 40.9 Å². The Labute approximate surface area is 130 Å². The number of rotatable bonds is 4. The normalized spacial score (nSPS) is 18.3. The highest BCUT2D eigenvalue weighted by Gasteiger charge is 2.44. The number of benzene rings is 1. The van der Waals surface area contributed by atoms with Crippen LogP contribution in [0.3, 0.4) is 0 Å². The van der Waals surface area contributed by atoms with Gasteiger partial charge in [-0.15, -0.1) is 0 Å². The van der Waals surface area contributed by atoms with Crippen LogP contribution in [0.4, 0.5) is 10.5 Å². The largest absolute Gasteiger partial charge is 0.327 e. The summed E-state index contributed by atoms with van der Waals surface area (Å²) in [6.07, 6.45) is 1.88. The molecule has 7 heteroatoms. The highest BCUT2D eigenvalue weighted by molar-refractivity contribution is 9.10. The minimum absolute atomic E-state index is 0.0891. The summed E-state index contributed by atoms with van der Waals surface area (Å²) in [7, 11) is 0. The highest BCUT2D eigenvalue weighted by Crippen LogP contribution is 2.30. The standard InChI is InChI=1S/C14H14BrN3O3/c15-10-3-1-2-4-11(10)16-12(19)7-18-13(20)8-17(14(18)21)9-5-6-9/h1-4,9H,5-8H2,(H,16,19). The maximum atomic E-state index is 12.1. The number of halogens is 1. The molecule has 1 aromatic carbocycles. The van der Waals surface area contributed by atoms with Crippen LogP contribution in [-0.4, -0.2) is 46.8 Å². The van der Waals surface area contributed by atoms with Crippen LogP contribution >= 0.6 is 15.9 Å². The molecule has 4 amide bonds. The van der Waals surface area contributed by atoms with Crippen molar-refractivity contribution in [1.29, 1.82) is 0 Å². The predicted molar refractivity (Wildman–Crippen MR) is 79.6 cm³/mol. The molecule has 0 spiro atoms. The number of amides is 4. The summed E-state index contributed by atoms with van der Waals surface area (Å²) in [4.78, 5) is 38.5. The maximum absolute atomic E-state index is 12.1. The van der Waals surface area contributed by atoms with Crippen molar-refractivity contribution in [3.8, 4) is 0 Å². The second-order valence-electron chi connectivity index (χ2n) is 5.15. The zero-order valence-electron chi connectivity index (χ0n) is 11.2. The Hall–Kier alpha value is -1.89. The lowest BCUT2D eigenvalue weighted by molar-refractivity contribution is -0.129. The van der Waals surface area contributed by atoms with Crippen LogP contribution in [0, 0.1) is 0 Å². The number of carbonyl (C=O) groups excluding carboxylic acids is 3. The van der Waals surface area contributed by atoms with Crippen LogP contribution < -0.4 is 5.32 Å². The van der Waals surface area contributed by atoms with E-state index in [9.17, 15) is 14.4 Å². The molecule has 2 fully saturated rings. The first-order valence-electron chi connectivity index (χ1n) is 6.71. The molecule has 1 aliphatic carbocycles. The van der Waals surface area contributed by atoms with Gasteiger partial charge in [0.2, 0.25) is 5.91 Å². The number of imide groups is 1. The van der Waals surface area contributed by atoms with Crippen LogP contribution in [0.15, 0.2) is 28.7 Å². The number of nitrogens with zero attached hydrogens (tertiary/aromatic N) is 2. The van der Waals surface area contributed by atoms with Crippen LogP contribution in [0.2, 0.25) is 0 Å². The number of nitrogens with one attached hydrogen (secondary N) is 1. The van der Waals surface area contributed by atoms with Gasteiger partial charge in [-0.3, -0.25) is 14.5 Å². The average Bonchev–Trinajstić information content (AvgIpc) is 3.24. The van der Waals surface area contributed by atoms with E-state index >= 15 is 0 Å². The fraction of sp³-hybridized carbons (Fsp3) is 0.357. The molecule has 2 aliphatic rings. The number of hydrogen-bond acceptors (Lipinski definition) is 3. The molecule has 1 saturated carbocycles.